The monoisotopic (exact) mass is 218 g/mol. The van der Waals surface area contributed by atoms with Gasteiger partial charge in [0.15, 0.2) is 0 Å². The van der Waals surface area contributed by atoms with Gasteiger partial charge in [0.2, 0.25) is 0 Å². The number of hydrogen-bond acceptors (Lipinski definition) is 2. The predicted molar refractivity (Wildman–Crippen MR) is 72.8 cm³/mol. The van der Waals surface area contributed by atoms with Crippen LogP contribution in [0.5, 0.6) is 0 Å². The average Bonchev–Trinajstić information content (AvgIpc) is 2.85. The van der Waals surface area contributed by atoms with E-state index in [2.05, 4.69) is 35.4 Å². The molecule has 1 fully saturated rings. The van der Waals surface area contributed by atoms with Crippen molar-refractivity contribution in [2.24, 2.45) is 0 Å². The van der Waals surface area contributed by atoms with Crippen molar-refractivity contribution < 1.29 is 0 Å². The standard InChI is InChI=1S/C12H16N2.C2H6/c1-2-10-5-3-4-6-12(10)14-11-7-8-13-9-11;1-2/h2-6,11,13-14H,1,7-9H2;1-2H3. The lowest BCUT2D eigenvalue weighted by atomic mass is 10.1. The van der Waals surface area contributed by atoms with Crippen LogP contribution < -0.4 is 10.6 Å². The van der Waals surface area contributed by atoms with E-state index in [4.69, 9.17) is 0 Å². The molecular formula is C14H22N2. The Labute approximate surface area is 98.8 Å². The van der Waals surface area contributed by atoms with Gasteiger partial charge in [0.25, 0.3) is 0 Å². The van der Waals surface area contributed by atoms with E-state index in [1.165, 1.54) is 17.7 Å². The maximum atomic E-state index is 3.81. The summed E-state index contributed by atoms with van der Waals surface area (Å²) in [5.41, 5.74) is 2.37. The Hall–Kier alpha value is -1.28. The first-order valence-electron chi connectivity index (χ1n) is 6.09. The average molecular weight is 218 g/mol. The number of nitrogens with one attached hydrogen (secondary N) is 2. The topological polar surface area (TPSA) is 24.1 Å². The summed E-state index contributed by atoms with van der Waals surface area (Å²) in [6.45, 7) is 9.99. The number of para-hydroxylation sites is 1. The highest BCUT2D eigenvalue weighted by molar-refractivity contribution is 5.65. The summed E-state index contributed by atoms with van der Waals surface area (Å²) >= 11 is 0. The minimum atomic E-state index is 0.566. The maximum Gasteiger partial charge on any atom is 0.0416 e. The first-order valence-corrected chi connectivity index (χ1v) is 6.09. The lowest BCUT2D eigenvalue weighted by molar-refractivity contribution is 0.793. The molecule has 2 N–H and O–H groups in total. The van der Waals surface area contributed by atoms with Crippen molar-refractivity contribution in [3.63, 3.8) is 0 Å². The molecule has 0 amide bonds. The third-order valence-electron chi connectivity index (χ3n) is 2.60. The second kappa shape index (κ2) is 7.07. The van der Waals surface area contributed by atoms with Crippen molar-refractivity contribution in [3.05, 3.63) is 36.4 Å². The minimum absolute atomic E-state index is 0.566. The van der Waals surface area contributed by atoms with Crippen LogP contribution in [0.15, 0.2) is 30.8 Å². The van der Waals surface area contributed by atoms with Crippen molar-refractivity contribution in [3.8, 4) is 0 Å². The fourth-order valence-electron chi connectivity index (χ4n) is 1.80. The summed E-state index contributed by atoms with van der Waals surface area (Å²) in [5, 5.41) is 6.87. The van der Waals surface area contributed by atoms with E-state index in [1.807, 2.05) is 26.0 Å². The molecule has 0 spiro atoms. The molecule has 1 aliphatic heterocycles. The zero-order valence-electron chi connectivity index (χ0n) is 10.3. The van der Waals surface area contributed by atoms with Crippen LogP contribution in [-0.4, -0.2) is 19.1 Å². The molecule has 2 nitrogen and oxygen atoms in total. The maximum absolute atomic E-state index is 3.81. The Morgan fingerprint density at radius 2 is 2.12 bits per heavy atom. The van der Waals surface area contributed by atoms with Gasteiger partial charge in [0.05, 0.1) is 0 Å². The van der Waals surface area contributed by atoms with Crippen LogP contribution >= 0.6 is 0 Å². The summed E-state index contributed by atoms with van der Waals surface area (Å²) in [4.78, 5) is 0. The molecule has 0 aliphatic carbocycles. The molecule has 1 aromatic carbocycles. The zero-order chi connectivity index (χ0) is 11.8. The van der Waals surface area contributed by atoms with Crippen molar-refractivity contribution in [1.82, 2.24) is 5.32 Å². The Kier molecular flexibility index (Phi) is 5.65. The van der Waals surface area contributed by atoms with Crippen molar-refractivity contribution in [2.75, 3.05) is 18.4 Å². The molecule has 0 aromatic heterocycles. The quantitative estimate of drug-likeness (QED) is 0.814. The molecule has 1 saturated heterocycles. The van der Waals surface area contributed by atoms with Crippen LogP contribution in [0.25, 0.3) is 6.08 Å². The molecule has 88 valence electrons. The second-order valence-electron chi connectivity index (χ2n) is 3.63. The predicted octanol–water partition coefficient (Wildman–Crippen LogP) is 3.13. The Balaban J connectivity index is 0.000000606. The number of rotatable bonds is 3. The fraction of sp³-hybridized carbons (Fsp3) is 0.429. The molecule has 0 bridgehead atoms. The van der Waals surface area contributed by atoms with E-state index in [0.29, 0.717) is 6.04 Å². The van der Waals surface area contributed by atoms with Gasteiger partial charge in [-0.1, -0.05) is 44.7 Å². The van der Waals surface area contributed by atoms with E-state index in [1.54, 1.807) is 0 Å². The molecule has 0 radical (unpaired) electrons. The van der Waals surface area contributed by atoms with Crippen molar-refractivity contribution >= 4 is 11.8 Å². The Bertz CT molecular complexity index is 314. The summed E-state index contributed by atoms with van der Waals surface area (Å²) in [6, 6.07) is 8.84. The lowest BCUT2D eigenvalue weighted by Gasteiger charge is -2.14. The van der Waals surface area contributed by atoms with E-state index in [0.717, 1.165) is 13.1 Å². The molecule has 1 aromatic rings. The molecule has 2 heteroatoms. The number of hydrogen-bond donors (Lipinski definition) is 2. The van der Waals surface area contributed by atoms with Crippen LogP contribution in [0.3, 0.4) is 0 Å². The first-order chi connectivity index (χ1) is 7.90. The summed E-state index contributed by atoms with van der Waals surface area (Å²) in [7, 11) is 0. The van der Waals surface area contributed by atoms with Gasteiger partial charge in [-0.15, -0.1) is 0 Å². The molecule has 1 atom stereocenters. The first kappa shape index (κ1) is 12.8. The largest absolute Gasteiger partial charge is 0.380 e. The van der Waals surface area contributed by atoms with Gasteiger partial charge < -0.3 is 10.6 Å². The molecule has 2 rings (SSSR count). The van der Waals surface area contributed by atoms with Crippen LogP contribution in [0.2, 0.25) is 0 Å². The summed E-state index contributed by atoms with van der Waals surface area (Å²) < 4.78 is 0. The number of anilines is 1. The number of benzene rings is 1. The van der Waals surface area contributed by atoms with E-state index in [-0.39, 0.29) is 0 Å². The highest BCUT2D eigenvalue weighted by Crippen LogP contribution is 2.18. The highest BCUT2D eigenvalue weighted by atomic mass is 15.0. The molecule has 1 unspecified atom stereocenters. The van der Waals surface area contributed by atoms with E-state index in [9.17, 15) is 0 Å². The molecule has 1 aliphatic rings. The summed E-state index contributed by atoms with van der Waals surface area (Å²) in [5.74, 6) is 0. The van der Waals surface area contributed by atoms with Crippen molar-refractivity contribution in [1.29, 1.82) is 0 Å². The van der Waals surface area contributed by atoms with Crippen molar-refractivity contribution in [2.45, 2.75) is 26.3 Å². The second-order valence-corrected chi connectivity index (χ2v) is 3.63. The van der Waals surface area contributed by atoms with Gasteiger partial charge in [-0.25, -0.2) is 0 Å². The van der Waals surface area contributed by atoms with Gasteiger partial charge >= 0.3 is 0 Å². The normalized spacial score (nSPS) is 18.5. The van der Waals surface area contributed by atoms with Crippen LogP contribution in [0.4, 0.5) is 5.69 Å². The van der Waals surface area contributed by atoms with Gasteiger partial charge in [0, 0.05) is 18.3 Å². The van der Waals surface area contributed by atoms with Crippen LogP contribution in [-0.2, 0) is 0 Å². The van der Waals surface area contributed by atoms with Gasteiger partial charge in [-0.2, -0.15) is 0 Å². The van der Waals surface area contributed by atoms with Crippen LogP contribution in [0.1, 0.15) is 25.8 Å². The minimum Gasteiger partial charge on any atom is -0.380 e. The van der Waals surface area contributed by atoms with Gasteiger partial charge in [0.1, 0.15) is 0 Å². The third kappa shape index (κ3) is 3.38. The van der Waals surface area contributed by atoms with Gasteiger partial charge in [-0.3, -0.25) is 0 Å². The lowest BCUT2D eigenvalue weighted by Crippen LogP contribution is -2.22. The molecular weight excluding hydrogens is 196 g/mol. The highest BCUT2D eigenvalue weighted by Gasteiger charge is 2.14. The molecule has 1 heterocycles. The molecule has 0 saturated carbocycles. The third-order valence-corrected chi connectivity index (χ3v) is 2.60. The smallest absolute Gasteiger partial charge is 0.0416 e. The van der Waals surface area contributed by atoms with E-state index >= 15 is 0 Å². The van der Waals surface area contributed by atoms with Gasteiger partial charge in [-0.05, 0) is 24.6 Å². The molecule has 16 heavy (non-hydrogen) atoms. The van der Waals surface area contributed by atoms with Crippen LogP contribution in [0, 0.1) is 0 Å². The zero-order valence-corrected chi connectivity index (χ0v) is 10.3. The SMILES string of the molecule is C=Cc1ccccc1NC1CCNC1.CC. The Morgan fingerprint density at radius 3 is 2.75 bits per heavy atom. The summed E-state index contributed by atoms with van der Waals surface area (Å²) in [6.07, 6.45) is 3.09. The Morgan fingerprint density at radius 1 is 1.38 bits per heavy atom. The van der Waals surface area contributed by atoms with E-state index < -0.39 is 0 Å². The fourth-order valence-corrected chi connectivity index (χ4v) is 1.80.